The van der Waals surface area contributed by atoms with Crippen molar-refractivity contribution in [1.82, 2.24) is 14.9 Å². The summed E-state index contributed by atoms with van der Waals surface area (Å²) in [6.07, 6.45) is -6.83. The van der Waals surface area contributed by atoms with Gasteiger partial charge in [-0.1, -0.05) is 0 Å². The van der Waals surface area contributed by atoms with Gasteiger partial charge in [0.25, 0.3) is 5.91 Å². The van der Waals surface area contributed by atoms with Crippen molar-refractivity contribution in [2.45, 2.75) is 38.0 Å². The third kappa shape index (κ3) is 8.12. The lowest BCUT2D eigenvalue weighted by molar-refractivity contribution is -0.143. The Balaban J connectivity index is 1.46. The molecule has 1 aromatic rings. The normalized spacial score (nSPS) is 18.8. The van der Waals surface area contributed by atoms with E-state index in [1.807, 2.05) is 0 Å². The second-order valence-electron chi connectivity index (χ2n) is 8.91. The summed E-state index contributed by atoms with van der Waals surface area (Å²) in [5.74, 6) is -0.561. The van der Waals surface area contributed by atoms with Crippen molar-refractivity contribution < 1.29 is 39.6 Å². The van der Waals surface area contributed by atoms with Crippen molar-refractivity contribution in [2.24, 2.45) is 11.8 Å². The van der Waals surface area contributed by atoms with Crippen molar-refractivity contribution in [3.8, 4) is 0 Å². The Morgan fingerprint density at radius 3 is 1.97 bits per heavy atom. The largest absolute Gasteiger partial charge is 0.416 e. The smallest absolute Gasteiger partial charge is 0.352 e. The molecule has 1 heterocycles. The highest BCUT2D eigenvalue weighted by molar-refractivity contribution is 7.89. The van der Waals surface area contributed by atoms with Crippen LogP contribution in [-0.4, -0.2) is 57.7 Å². The van der Waals surface area contributed by atoms with E-state index in [-0.39, 0.29) is 30.2 Å². The molecule has 3 rings (SSSR count). The fourth-order valence-electron chi connectivity index (χ4n) is 3.85. The number of rotatable bonds is 9. The van der Waals surface area contributed by atoms with Crippen LogP contribution in [0.2, 0.25) is 0 Å². The number of amides is 1. The molecule has 13 heteroatoms. The summed E-state index contributed by atoms with van der Waals surface area (Å²) in [4.78, 5) is 14.4. The number of likely N-dealkylation sites (tertiary alicyclic amines) is 1. The molecule has 6 nitrogen and oxygen atoms in total. The van der Waals surface area contributed by atoms with Gasteiger partial charge in [-0.25, -0.2) is 13.1 Å². The number of piperidine rings is 1. The van der Waals surface area contributed by atoms with Crippen LogP contribution in [0.25, 0.3) is 0 Å². The monoisotopic (exact) mass is 515 g/mol. The maximum Gasteiger partial charge on any atom is 0.416 e. The molecule has 2 N–H and O–H groups in total. The first-order valence-electron chi connectivity index (χ1n) is 11.0. The number of nitrogens with zero attached hydrogens (tertiary/aromatic N) is 1. The number of sulfonamides is 1. The number of carbonyl (C=O) groups is 1. The SMILES string of the molecule is O=C(NCC1CCN(CCNS(=O)(=O)CC2CC2)CC1)c1cc(C(F)(F)F)cc(C(F)(F)F)c1. The number of benzene rings is 1. The zero-order chi connectivity index (χ0) is 25.1. The van der Waals surface area contributed by atoms with E-state index in [0.29, 0.717) is 51.2 Å². The Morgan fingerprint density at radius 2 is 1.47 bits per heavy atom. The second-order valence-corrected chi connectivity index (χ2v) is 10.8. The highest BCUT2D eigenvalue weighted by atomic mass is 32.2. The second kappa shape index (κ2) is 10.4. The van der Waals surface area contributed by atoms with E-state index >= 15 is 0 Å². The van der Waals surface area contributed by atoms with Gasteiger partial charge in [-0.15, -0.1) is 0 Å². The molecule has 2 fully saturated rings. The molecule has 34 heavy (non-hydrogen) atoms. The van der Waals surface area contributed by atoms with E-state index in [4.69, 9.17) is 0 Å². The Kier molecular flexibility index (Phi) is 8.18. The van der Waals surface area contributed by atoms with Crippen LogP contribution in [0, 0.1) is 11.8 Å². The lowest BCUT2D eigenvalue weighted by Gasteiger charge is -2.32. The van der Waals surface area contributed by atoms with Gasteiger partial charge >= 0.3 is 12.4 Å². The fraction of sp³-hybridized carbons (Fsp3) is 0.667. The molecule has 2 aliphatic rings. The topological polar surface area (TPSA) is 78.5 Å². The van der Waals surface area contributed by atoms with Gasteiger partial charge in [-0.2, -0.15) is 26.3 Å². The predicted molar refractivity (Wildman–Crippen MR) is 112 cm³/mol. The minimum Gasteiger partial charge on any atom is -0.352 e. The summed E-state index contributed by atoms with van der Waals surface area (Å²) >= 11 is 0. The van der Waals surface area contributed by atoms with Gasteiger partial charge in [-0.05, 0) is 68.8 Å². The number of hydrogen-bond acceptors (Lipinski definition) is 4. The lowest BCUT2D eigenvalue weighted by atomic mass is 9.96. The summed E-state index contributed by atoms with van der Waals surface area (Å²) in [5.41, 5.74) is -3.76. The first kappa shape index (κ1) is 26.7. The van der Waals surface area contributed by atoms with Crippen LogP contribution < -0.4 is 10.0 Å². The maximum absolute atomic E-state index is 13.0. The first-order chi connectivity index (χ1) is 15.7. The molecule has 1 aromatic carbocycles. The third-order valence-corrected chi connectivity index (χ3v) is 7.56. The Hall–Kier alpha value is -1.86. The molecule has 1 aliphatic heterocycles. The van der Waals surface area contributed by atoms with Crippen molar-refractivity contribution in [2.75, 3.05) is 38.5 Å². The predicted octanol–water partition coefficient (Wildman–Crippen LogP) is 3.50. The van der Waals surface area contributed by atoms with Crippen molar-refractivity contribution in [1.29, 1.82) is 0 Å². The molecule has 0 aromatic heterocycles. The third-order valence-electron chi connectivity index (χ3n) is 6.01. The minimum atomic E-state index is -5.02. The molecular weight excluding hydrogens is 488 g/mol. The zero-order valence-electron chi connectivity index (χ0n) is 18.3. The summed E-state index contributed by atoms with van der Waals surface area (Å²) < 4.78 is 104. The van der Waals surface area contributed by atoms with Gasteiger partial charge in [-0.3, -0.25) is 4.79 Å². The molecule has 0 bridgehead atoms. The molecule has 0 radical (unpaired) electrons. The first-order valence-corrected chi connectivity index (χ1v) is 12.7. The van der Waals surface area contributed by atoms with Crippen LogP contribution in [-0.2, 0) is 22.4 Å². The van der Waals surface area contributed by atoms with Crippen LogP contribution >= 0.6 is 0 Å². The average Bonchev–Trinajstić information content (AvgIpc) is 3.54. The molecule has 192 valence electrons. The maximum atomic E-state index is 13.0. The van der Waals surface area contributed by atoms with Gasteiger partial charge in [0.05, 0.1) is 16.9 Å². The van der Waals surface area contributed by atoms with E-state index in [1.54, 1.807) is 0 Å². The standard InChI is InChI=1S/C21H27F6N3O3S/c22-20(23,24)17-9-16(10-18(11-17)21(25,26)27)19(31)28-12-14-3-6-30(7-4-14)8-5-29-34(32,33)13-15-1-2-15/h9-11,14-15,29H,1-8,12-13H2,(H,28,31). The Bertz CT molecular complexity index is 937. The molecule has 1 amide bonds. The quantitative estimate of drug-likeness (QED) is 0.494. The van der Waals surface area contributed by atoms with Gasteiger partial charge in [0, 0.05) is 25.2 Å². The number of halogens is 6. The Morgan fingerprint density at radius 1 is 0.912 bits per heavy atom. The van der Waals surface area contributed by atoms with E-state index in [0.717, 1.165) is 12.8 Å². The number of alkyl halides is 6. The van der Waals surface area contributed by atoms with Crippen LogP contribution in [0.3, 0.4) is 0 Å². The van der Waals surface area contributed by atoms with E-state index in [2.05, 4.69) is 14.9 Å². The van der Waals surface area contributed by atoms with Crippen LogP contribution in [0.1, 0.15) is 47.2 Å². The summed E-state index contributed by atoms with van der Waals surface area (Å²) in [7, 11) is -3.26. The highest BCUT2D eigenvalue weighted by Crippen LogP contribution is 2.36. The number of hydrogen-bond donors (Lipinski definition) is 2. The molecular formula is C21H27F6N3O3S. The van der Waals surface area contributed by atoms with Crippen LogP contribution in [0.4, 0.5) is 26.3 Å². The molecule has 1 aliphatic carbocycles. The number of carbonyl (C=O) groups excluding carboxylic acids is 1. The van der Waals surface area contributed by atoms with Gasteiger partial charge < -0.3 is 10.2 Å². The number of nitrogens with one attached hydrogen (secondary N) is 2. The molecule has 0 unspecified atom stereocenters. The highest BCUT2D eigenvalue weighted by Gasteiger charge is 2.37. The summed E-state index contributed by atoms with van der Waals surface area (Å²) in [5, 5.41) is 2.44. The Labute approximate surface area is 194 Å². The van der Waals surface area contributed by atoms with Gasteiger partial charge in [0.15, 0.2) is 0 Å². The molecule has 1 saturated heterocycles. The summed E-state index contributed by atoms with van der Waals surface area (Å²) in [6, 6.07) is 0.813. The fourth-order valence-corrected chi connectivity index (χ4v) is 5.33. The van der Waals surface area contributed by atoms with Crippen LogP contribution in [0.15, 0.2) is 18.2 Å². The van der Waals surface area contributed by atoms with E-state index < -0.39 is 45.0 Å². The van der Waals surface area contributed by atoms with Crippen LogP contribution in [0.5, 0.6) is 0 Å². The van der Waals surface area contributed by atoms with Gasteiger partial charge in [0.2, 0.25) is 10.0 Å². The molecule has 1 saturated carbocycles. The molecule has 0 atom stereocenters. The van der Waals surface area contributed by atoms with Crippen molar-refractivity contribution in [3.05, 3.63) is 34.9 Å². The zero-order valence-corrected chi connectivity index (χ0v) is 19.1. The average molecular weight is 516 g/mol. The van der Waals surface area contributed by atoms with Crippen molar-refractivity contribution in [3.63, 3.8) is 0 Å². The van der Waals surface area contributed by atoms with Crippen molar-refractivity contribution >= 4 is 15.9 Å². The molecule has 0 spiro atoms. The summed E-state index contributed by atoms with van der Waals surface area (Å²) in [6.45, 7) is 2.25. The van der Waals surface area contributed by atoms with E-state index in [9.17, 15) is 39.6 Å². The lowest BCUT2D eigenvalue weighted by Crippen LogP contribution is -2.42. The minimum absolute atomic E-state index is 0.0136. The van der Waals surface area contributed by atoms with Gasteiger partial charge in [0.1, 0.15) is 0 Å². The van der Waals surface area contributed by atoms with E-state index in [1.165, 1.54) is 0 Å².